The Balaban J connectivity index is 1.75. The molecule has 0 aromatic heterocycles. The van der Waals surface area contributed by atoms with E-state index >= 15 is 0 Å². The third-order valence-corrected chi connectivity index (χ3v) is 4.14. The average molecular weight is 353 g/mol. The third-order valence-electron chi connectivity index (χ3n) is 3.89. The monoisotopic (exact) mass is 352 g/mol. The SMILES string of the molecule is CNC(=O)NC(=O)CCN1CCN(C(=O)c2ccc(Cl)cc2)CC1. The predicted octanol–water partition coefficient (Wildman–Crippen LogP) is 0.944. The predicted molar refractivity (Wildman–Crippen MR) is 91.0 cm³/mol. The lowest BCUT2D eigenvalue weighted by Gasteiger charge is -2.34. The number of hydrogen-bond donors (Lipinski definition) is 2. The second-order valence-corrected chi connectivity index (χ2v) is 5.95. The molecule has 2 rings (SSSR count). The average Bonchev–Trinajstić information content (AvgIpc) is 2.60. The van der Waals surface area contributed by atoms with Crippen molar-refractivity contribution in [2.45, 2.75) is 6.42 Å². The highest BCUT2D eigenvalue weighted by Crippen LogP contribution is 2.13. The zero-order valence-corrected chi connectivity index (χ0v) is 14.3. The van der Waals surface area contributed by atoms with Gasteiger partial charge in [0, 0.05) is 56.8 Å². The Morgan fingerprint density at radius 2 is 1.71 bits per heavy atom. The molecule has 0 saturated carbocycles. The number of urea groups is 1. The van der Waals surface area contributed by atoms with E-state index in [0.717, 1.165) is 0 Å². The molecule has 1 aliphatic heterocycles. The van der Waals surface area contributed by atoms with Gasteiger partial charge in [0.25, 0.3) is 5.91 Å². The Labute approximate surface area is 145 Å². The molecule has 8 heteroatoms. The van der Waals surface area contributed by atoms with Crippen LogP contribution in [0.25, 0.3) is 0 Å². The standard InChI is InChI=1S/C16H21ClN4O3/c1-18-16(24)19-14(22)6-7-20-8-10-21(11-9-20)15(23)12-2-4-13(17)5-3-12/h2-5H,6-11H2,1H3,(H2,18,19,22,24). The van der Waals surface area contributed by atoms with Crippen LogP contribution in [0, 0.1) is 0 Å². The number of nitrogens with one attached hydrogen (secondary N) is 2. The molecule has 0 unspecified atom stereocenters. The summed E-state index contributed by atoms with van der Waals surface area (Å²) < 4.78 is 0. The van der Waals surface area contributed by atoms with E-state index in [9.17, 15) is 14.4 Å². The lowest BCUT2D eigenvalue weighted by Crippen LogP contribution is -2.49. The van der Waals surface area contributed by atoms with Crippen LogP contribution in [0.3, 0.4) is 0 Å². The third kappa shape index (κ3) is 5.21. The van der Waals surface area contributed by atoms with Gasteiger partial charge in [-0.1, -0.05) is 11.6 Å². The Hall–Kier alpha value is -2.12. The molecule has 7 nitrogen and oxygen atoms in total. The Morgan fingerprint density at radius 3 is 2.29 bits per heavy atom. The highest BCUT2D eigenvalue weighted by Gasteiger charge is 2.22. The van der Waals surface area contributed by atoms with Gasteiger partial charge in [-0.25, -0.2) is 4.79 Å². The second kappa shape index (κ2) is 8.65. The molecule has 1 heterocycles. The van der Waals surface area contributed by atoms with E-state index in [1.165, 1.54) is 7.05 Å². The van der Waals surface area contributed by atoms with Crippen molar-refractivity contribution in [1.29, 1.82) is 0 Å². The quantitative estimate of drug-likeness (QED) is 0.845. The maximum Gasteiger partial charge on any atom is 0.321 e. The number of piperazine rings is 1. The molecule has 2 N–H and O–H groups in total. The molecule has 0 atom stereocenters. The van der Waals surface area contributed by atoms with Crippen LogP contribution in [0.2, 0.25) is 5.02 Å². The van der Waals surface area contributed by atoms with Gasteiger partial charge < -0.3 is 10.2 Å². The number of imide groups is 1. The molecule has 1 aliphatic rings. The zero-order chi connectivity index (χ0) is 17.5. The van der Waals surface area contributed by atoms with Gasteiger partial charge in [0.15, 0.2) is 0 Å². The number of rotatable bonds is 4. The molecule has 1 aromatic rings. The van der Waals surface area contributed by atoms with Crippen LogP contribution in [0.4, 0.5) is 4.79 Å². The number of halogens is 1. The molecule has 0 bridgehead atoms. The maximum absolute atomic E-state index is 12.4. The molecule has 0 spiro atoms. The Bertz CT molecular complexity index is 598. The van der Waals surface area contributed by atoms with Gasteiger partial charge in [-0.15, -0.1) is 0 Å². The lowest BCUT2D eigenvalue weighted by atomic mass is 10.2. The van der Waals surface area contributed by atoms with Crippen LogP contribution in [0.15, 0.2) is 24.3 Å². The first-order valence-electron chi connectivity index (χ1n) is 7.78. The van der Waals surface area contributed by atoms with E-state index in [0.29, 0.717) is 43.3 Å². The number of carbonyl (C=O) groups is 3. The molecule has 24 heavy (non-hydrogen) atoms. The Kier molecular flexibility index (Phi) is 6.57. The van der Waals surface area contributed by atoms with Crippen molar-refractivity contribution in [1.82, 2.24) is 20.4 Å². The van der Waals surface area contributed by atoms with E-state index in [1.807, 2.05) is 0 Å². The van der Waals surface area contributed by atoms with Crippen LogP contribution in [0.5, 0.6) is 0 Å². The minimum absolute atomic E-state index is 0.0105. The summed E-state index contributed by atoms with van der Waals surface area (Å²) in [4.78, 5) is 38.9. The van der Waals surface area contributed by atoms with Gasteiger partial charge in [0.2, 0.25) is 5.91 Å². The number of amides is 4. The van der Waals surface area contributed by atoms with Crippen LogP contribution in [-0.2, 0) is 4.79 Å². The minimum Gasteiger partial charge on any atom is -0.341 e. The molecule has 1 saturated heterocycles. The fourth-order valence-corrected chi connectivity index (χ4v) is 2.59. The van der Waals surface area contributed by atoms with E-state index in [2.05, 4.69) is 15.5 Å². The minimum atomic E-state index is -0.501. The first kappa shape index (κ1) is 18.2. The van der Waals surface area contributed by atoms with Crippen LogP contribution >= 0.6 is 11.6 Å². The van der Waals surface area contributed by atoms with Crippen molar-refractivity contribution >= 4 is 29.4 Å². The molecule has 1 aromatic carbocycles. The summed E-state index contributed by atoms with van der Waals surface area (Å²) in [6.45, 7) is 3.18. The number of hydrogen-bond acceptors (Lipinski definition) is 4. The molecule has 1 fully saturated rings. The van der Waals surface area contributed by atoms with Gasteiger partial charge in [-0.2, -0.15) is 0 Å². The summed E-state index contributed by atoms with van der Waals surface area (Å²) >= 11 is 5.83. The highest BCUT2D eigenvalue weighted by molar-refractivity contribution is 6.30. The highest BCUT2D eigenvalue weighted by atomic mass is 35.5. The fourth-order valence-electron chi connectivity index (χ4n) is 2.46. The van der Waals surface area contributed by atoms with E-state index in [4.69, 9.17) is 11.6 Å². The largest absolute Gasteiger partial charge is 0.341 e. The second-order valence-electron chi connectivity index (χ2n) is 5.52. The summed E-state index contributed by atoms with van der Waals surface area (Å²) in [5, 5.41) is 5.17. The molecule has 0 radical (unpaired) electrons. The van der Waals surface area contributed by atoms with Crippen molar-refractivity contribution in [3.63, 3.8) is 0 Å². The summed E-state index contributed by atoms with van der Waals surface area (Å²) in [7, 11) is 1.46. The van der Waals surface area contributed by atoms with Crippen LogP contribution in [0.1, 0.15) is 16.8 Å². The fraction of sp³-hybridized carbons (Fsp3) is 0.438. The van der Waals surface area contributed by atoms with Gasteiger partial charge in [-0.3, -0.25) is 19.8 Å². The molecular weight excluding hydrogens is 332 g/mol. The van der Waals surface area contributed by atoms with E-state index in [1.54, 1.807) is 29.2 Å². The molecule has 0 aliphatic carbocycles. The Morgan fingerprint density at radius 1 is 1.08 bits per heavy atom. The first-order chi connectivity index (χ1) is 11.5. The smallest absolute Gasteiger partial charge is 0.321 e. The van der Waals surface area contributed by atoms with Crippen LogP contribution in [-0.4, -0.2) is 67.4 Å². The van der Waals surface area contributed by atoms with Gasteiger partial charge in [0.1, 0.15) is 0 Å². The summed E-state index contributed by atoms with van der Waals surface area (Å²) in [5.41, 5.74) is 0.623. The lowest BCUT2D eigenvalue weighted by molar-refractivity contribution is -0.120. The number of benzene rings is 1. The molecular formula is C16H21ClN4O3. The van der Waals surface area contributed by atoms with Crippen LogP contribution < -0.4 is 10.6 Å². The number of carbonyl (C=O) groups excluding carboxylic acids is 3. The van der Waals surface area contributed by atoms with Crippen molar-refractivity contribution in [2.75, 3.05) is 39.8 Å². The maximum atomic E-state index is 12.4. The van der Waals surface area contributed by atoms with Crippen molar-refractivity contribution in [2.24, 2.45) is 0 Å². The van der Waals surface area contributed by atoms with E-state index in [-0.39, 0.29) is 18.2 Å². The van der Waals surface area contributed by atoms with E-state index < -0.39 is 6.03 Å². The summed E-state index contributed by atoms with van der Waals surface area (Å²) in [5.74, 6) is -0.322. The summed E-state index contributed by atoms with van der Waals surface area (Å²) in [6.07, 6.45) is 0.249. The van der Waals surface area contributed by atoms with Gasteiger partial charge in [-0.05, 0) is 24.3 Å². The molecule has 4 amide bonds. The first-order valence-corrected chi connectivity index (χ1v) is 8.16. The van der Waals surface area contributed by atoms with Crippen molar-refractivity contribution < 1.29 is 14.4 Å². The molecule has 130 valence electrons. The van der Waals surface area contributed by atoms with Crippen molar-refractivity contribution in [3.05, 3.63) is 34.9 Å². The van der Waals surface area contributed by atoms with Gasteiger partial charge in [0.05, 0.1) is 0 Å². The number of nitrogens with zero attached hydrogens (tertiary/aromatic N) is 2. The summed E-state index contributed by atoms with van der Waals surface area (Å²) in [6, 6.07) is 6.35. The zero-order valence-electron chi connectivity index (χ0n) is 13.5. The topological polar surface area (TPSA) is 81.8 Å². The normalized spacial score (nSPS) is 15.0. The van der Waals surface area contributed by atoms with Gasteiger partial charge >= 0.3 is 6.03 Å². The van der Waals surface area contributed by atoms with Crippen molar-refractivity contribution in [3.8, 4) is 0 Å².